The molecule has 0 saturated heterocycles. The van der Waals surface area contributed by atoms with Gasteiger partial charge < -0.3 is 0 Å². The molecule has 0 spiro atoms. The molecule has 84 valence electrons. The first kappa shape index (κ1) is 10.9. The molecule has 0 atom stereocenters. The van der Waals surface area contributed by atoms with Crippen molar-refractivity contribution in [2.45, 2.75) is 33.2 Å². The zero-order valence-electron chi connectivity index (χ0n) is 9.85. The summed E-state index contributed by atoms with van der Waals surface area (Å²) in [6, 6.07) is 10.3. The maximum Gasteiger partial charge on any atom is 0.116 e. The van der Waals surface area contributed by atoms with E-state index < -0.39 is 0 Å². The second-order valence-electron chi connectivity index (χ2n) is 3.80. The third-order valence-corrected chi connectivity index (χ3v) is 2.54. The molecule has 0 aliphatic heterocycles. The molecule has 0 bridgehead atoms. The minimum Gasteiger partial charge on any atom is -0.184 e. The molecule has 0 N–H and O–H groups in total. The summed E-state index contributed by atoms with van der Waals surface area (Å²) in [4.78, 5) is 1.77. The lowest BCUT2D eigenvalue weighted by molar-refractivity contribution is 0.564. The summed E-state index contributed by atoms with van der Waals surface area (Å²) >= 11 is 0. The van der Waals surface area contributed by atoms with Crippen LogP contribution in [0.4, 0.5) is 0 Å². The van der Waals surface area contributed by atoms with Crippen LogP contribution in [0.15, 0.2) is 30.3 Å². The van der Waals surface area contributed by atoms with Gasteiger partial charge in [-0.3, -0.25) is 0 Å². The molecule has 2 aromatic rings. The molecule has 2 rings (SSSR count). The predicted octanol–water partition coefficient (Wildman–Crippen LogP) is 2.92. The number of hydrogen-bond donors (Lipinski definition) is 0. The second kappa shape index (κ2) is 4.92. The number of benzene rings is 1. The van der Waals surface area contributed by atoms with E-state index in [4.69, 9.17) is 0 Å². The van der Waals surface area contributed by atoms with E-state index in [1.807, 2.05) is 18.2 Å². The lowest BCUT2D eigenvalue weighted by Crippen LogP contribution is -1.98. The Morgan fingerprint density at radius 2 is 1.81 bits per heavy atom. The molecule has 1 aromatic heterocycles. The van der Waals surface area contributed by atoms with Gasteiger partial charge in [0.25, 0.3) is 0 Å². The normalized spacial score (nSPS) is 10.6. The van der Waals surface area contributed by atoms with Gasteiger partial charge in [0, 0.05) is 5.56 Å². The third kappa shape index (κ3) is 2.13. The maximum atomic E-state index is 4.52. The number of aryl methyl sites for hydroxylation is 2. The predicted molar refractivity (Wildman–Crippen MR) is 65.1 cm³/mol. The molecule has 0 fully saturated rings. The minimum absolute atomic E-state index is 0.823. The topological polar surface area (TPSA) is 30.7 Å². The molecular formula is C13H17N3. The molecular weight excluding hydrogens is 198 g/mol. The Kier molecular flexibility index (Phi) is 3.34. The summed E-state index contributed by atoms with van der Waals surface area (Å²) in [7, 11) is 0. The van der Waals surface area contributed by atoms with Crippen LogP contribution in [-0.2, 0) is 13.0 Å². The van der Waals surface area contributed by atoms with E-state index in [1.54, 1.807) is 4.80 Å². The van der Waals surface area contributed by atoms with Gasteiger partial charge in [-0.15, -0.1) is 0 Å². The standard InChI is InChI=1S/C13H17N3/c1-3-8-12-13(15-16(4-2)14-12)11-9-6-5-7-10-11/h5-7,9-10H,3-4,8H2,1-2H3. The quantitative estimate of drug-likeness (QED) is 0.785. The molecule has 0 aliphatic rings. The van der Waals surface area contributed by atoms with Crippen LogP contribution in [0.3, 0.4) is 0 Å². The zero-order valence-corrected chi connectivity index (χ0v) is 9.85. The average molecular weight is 215 g/mol. The number of aromatic nitrogens is 3. The van der Waals surface area contributed by atoms with Gasteiger partial charge in [0.05, 0.1) is 12.2 Å². The minimum atomic E-state index is 0.823. The highest BCUT2D eigenvalue weighted by molar-refractivity contribution is 5.60. The summed E-state index contributed by atoms with van der Waals surface area (Å²) in [5.74, 6) is 0. The van der Waals surface area contributed by atoms with Crippen molar-refractivity contribution in [1.82, 2.24) is 15.0 Å². The summed E-state index contributed by atoms with van der Waals surface area (Å²) in [5, 5.41) is 9.02. The van der Waals surface area contributed by atoms with Gasteiger partial charge in [0.15, 0.2) is 0 Å². The Bertz CT molecular complexity index is 445. The van der Waals surface area contributed by atoms with Crippen molar-refractivity contribution in [3.05, 3.63) is 36.0 Å². The molecule has 3 nitrogen and oxygen atoms in total. The van der Waals surface area contributed by atoms with E-state index in [-0.39, 0.29) is 0 Å². The molecule has 3 heteroatoms. The Balaban J connectivity index is 2.42. The van der Waals surface area contributed by atoms with Gasteiger partial charge in [-0.25, -0.2) is 0 Å². The van der Waals surface area contributed by atoms with Gasteiger partial charge in [-0.05, 0) is 13.3 Å². The van der Waals surface area contributed by atoms with Crippen molar-refractivity contribution in [3.63, 3.8) is 0 Å². The van der Waals surface area contributed by atoms with Gasteiger partial charge in [0.1, 0.15) is 5.69 Å². The fraction of sp³-hybridized carbons (Fsp3) is 0.385. The van der Waals surface area contributed by atoms with E-state index in [2.05, 4.69) is 36.2 Å². The third-order valence-electron chi connectivity index (χ3n) is 2.54. The van der Waals surface area contributed by atoms with Crippen LogP contribution in [0.2, 0.25) is 0 Å². The maximum absolute atomic E-state index is 4.52. The number of rotatable bonds is 4. The first-order chi connectivity index (χ1) is 7.85. The highest BCUT2D eigenvalue weighted by Crippen LogP contribution is 2.20. The molecule has 0 radical (unpaired) electrons. The zero-order chi connectivity index (χ0) is 11.4. The monoisotopic (exact) mass is 215 g/mol. The lowest BCUT2D eigenvalue weighted by Gasteiger charge is -1.98. The molecule has 1 heterocycles. The molecule has 16 heavy (non-hydrogen) atoms. The molecule has 0 unspecified atom stereocenters. The molecule has 0 amide bonds. The smallest absolute Gasteiger partial charge is 0.116 e. The summed E-state index contributed by atoms with van der Waals surface area (Å²) in [6.45, 7) is 5.05. The van der Waals surface area contributed by atoms with Gasteiger partial charge in [0.2, 0.25) is 0 Å². The Morgan fingerprint density at radius 3 is 2.44 bits per heavy atom. The number of hydrogen-bond acceptors (Lipinski definition) is 2. The first-order valence-corrected chi connectivity index (χ1v) is 5.84. The van der Waals surface area contributed by atoms with Crippen molar-refractivity contribution in [2.75, 3.05) is 0 Å². The average Bonchev–Trinajstić information content (AvgIpc) is 2.74. The van der Waals surface area contributed by atoms with Crippen molar-refractivity contribution in [3.8, 4) is 11.3 Å². The van der Waals surface area contributed by atoms with Crippen LogP contribution in [0.25, 0.3) is 11.3 Å². The van der Waals surface area contributed by atoms with Gasteiger partial charge in [-0.2, -0.15) is 15.0 Å². The summed E-state index contributed by atoms with van der Waals surface area (Å²) in [6.07, 6.45) is 2.09. The van der Waals surface area contributed by atoms with Crippen LogP contribution in [0, 0.1) is 0 Å². The number of nitrogens with zero attached hydrogens (tertiary/aromatic N) is 3. The van der Waals surface area contributed by atoms with Crippen LogP contribution >= 0.6 is 0 Å². The van der Waals surface area contributed by atoms with E-state index in [1.165, 1.54) is 0 Å². The second-order valence-corrected chi connectivity index (χ2v) is 3.80. The van der Waals surface area contributed by atoms with Crippen LogP contribution in [-0.4, -0.2) is 15.0 Å². The first-order valence-electron chi connectivity index (χ1n) is 5.84. The van der Waals surface area contributed by atoms with E-state index in [0.29, 0.717) is 0 Å². The van der Waals surface area contributed by atoms with Gasteiger partial charge >= 0.3 is 0 Å². The Labute approximate surface area is 96.1 Å². The largest absolute Gasteiger partial charge is 0.184 e. The Hall–Kier alpha value is -1.64. The van der Waals surface area contributed by atoms with Crippen LogP contribution < -0.4 is 0 Å². The van der Waals surface area contributed by atoms with Crippen molar-refractivity contribution in [1.29, 1.82) is 0 Å². The van der Waals surface area contributed by atoms with E-state index >= 15 is 0 Å². The molecule has 1 aromatic carbocycles. The van der Waals surface area contributed by atoms with Crippen molar-refractivity contribution < 1.29 is 0 Å². The van der Waals surface area contributed by atoms with E-state index in [9.17, 15) is 0 Å². The summed E-state index contributed by atoms with van der Waals surface area (Å²) in [5.41, 5.74) is 3.30. The molecule has 0 aliphatic carbocycles. The SMILES string of the molecule is CCCc1nn(CC)nc1-c1ccccc1. The highest BCUT2D eigenvalue weighted by atomic mass is 15.5. The summed E-state index contributed by atoms with van der Waals surface area (Å²) < 4.78 is 0. The fourth-order valence-corrected chi connectivity index (χ4v) is 1.75. The van der Waals surface area contributed by atoms with Gasteiger partial charge in [-0.1, -0.05) is 43.7 Å². The van der Waals surface area contributed by atoms with Crippen LogP contribution in [0.1, 0.15) is 26.0 Å². The highest BCUT2D eigenvalue weighted by Gasteiger charge is 2.10. The van der Waals surface area contributed by atoms with E-state index in [0.717, 1.165) is 36.3 Å². The van der Waals surface area contributed by atoms with Crippen molar-refractivity contribution in [2.24, 2.45) is 0 Å². The fourth-order valence-electron chi connectivity index (χ4n) is 1.75. The molecule has 0 saturated carbocycles. The van der Waals surface area contributed by atoms with Crippen LogP contribution in [0.5, 0.6) is 0 Å². The lowest BCUT2D eigenvalue weighted by atomic mass is 10.1. The van der Waals surface area contributed by atoms with Crippen molar-refractivity contribution >= 4 is 0 Å². The Morgan fingerprint density at radius 1 is 1.06 bits per heavy atom.